The highest BCUT2D eigenvalue weighted by Gasteiger charge is 2.02. The Bertz CT molecular complexity index is 391. The van der Waals surface area contributed by atoms with Gasteiger partial charge >= 0.3 is 0 Å². The zero-order chi connectivity index (χ0) is 11.3. The molecule has 0 amide bonds. The predicted octanol–water partition coefficient (Wildman–Crippen LogP) is 4.61. The van der Waals surface area contributed by atoms with E-state index in [1.54, 1.807) is 0 Å². The van der Waals surface area contributed by atoms with Crippen LogP contribution in [0.3, 0.4) is 0 Å². The fourth-order valence-corrected chi connectivity index (χ4v) is 1.45. The molecule has 0 saturated carbocycles. The van der Waals surface area contributed by atoms with Crippen molar-refractivity contribution in [3.05, 3.63) is 65.8 Å². The molecule has 0 spiro atoms. The molecule has 0 nitrogen and oxygen atoms in total. The van der Waals surface area contributed by atoms with Gasteiger partial charge in [0.15, 0.2) is 0 Å². The van der Waals surface area contributed by atoms with Crippen LogP contribution in [0.1, 0.15) is 26.3 Å². The van der Waals surface area contributed by atoms with E-state index in [4.69, 9.17) is 0 Å². The molecule has 0 bridgehead atoms. The number of allylic oxidation sites excluding steroid dienone is 5. The normalized spacial score (nSPS) is 12.7. The number of hydrogen-bond acceptors (Lipinski definition) is 0. The van der Waals surface area contributed by atoms with E-state index in [9.17, 15) is 0 Å². The summed E-state index contributed by atoms with van der Waals surface area (Å²) in [5.74, 6) is 0. The lowest BCUT2D eigenvalue weighted by molar-refractivity contribution is 1.36. The van der Waals surface area contributed by atoms with Gasteiger partial charge in [0, 0.05) is 0 Å². The van der Waals surface area contributed by atoms with Crippen molar-refractivity contribution < 1.29 is 0 Å². The van der Waals surface area contributed by atoms with E-state index in [1.165, 1.54) is 16.7 Å². The van der Waals surface area contributed by atoms with Crippen LogP contribution in [0.5, 0.6) is 0 Å². The average molecular weight is 198 g/mol. The Morgan fingerprint density at radius 3 is 2.20 bits per heavy atom. The quantitative estimate of drug-likeness (QED) is 0.622. The van der Waals surface area contributed by atoms with Crippen LogP contribution in [0.25, 0.3) is 5.57 Å². The summed E-state index contributed by atoms with van der Waals surface area (Å²) in [4.78, 5) is 0. The molecular formula is C15H18. The number of benzene rings is 1. The average Bonchev–Trinajstić information content (AvgIpc) is 2.26. The first-order valence-corrected chi connectivity index (χ1v) is 5.21. The van der Waals surface area contributed by atoms with Crippen molar-refractivity contribution in [2.24, 2.45) is 0 Å². The Labute approximate surface area is 92.6 Å². The fourth-order valence-electron chi connectivity index (χ4n) is 1.45. The molecular weight excluding hydrogens is 180 g/mol. The van der Waals surface area contributed by atoms with Crippen LogP contribution >= 0.6 is 0 Å². The standard InChI is InChI=1S/C15H18/c1-5-9-15(13(4)12(2)3)14-10-7-6-8-11-14/h5-11H,2H2,1,3-4H3/b9-5-,15-13+. The van der Waals surface area contributed by atoms with Gasteiger partial charge in [-0.25, -0.2) is 0 Å². The smallest absolute Gasteiger partial charge is 0.0156 e. The fraction of sp³-hybridized carbons (Fsp3) is 0.200. The van der Waals surface area contributed by atoms with E-state index in [2.05, 4.69) is 49.9 Å². The van der Waals surface area contributed by atoms with Crippen LogP contribution in [0.4, 0.5) is 0 Å². The first-order valence-electron chi connectivity index (χ1n) is 5.21. The number of rotatable bonds is 3. The monoisotopic (exact) mass is 198 g/mol. The van der Waals surface area contributed by atoms with E-state index < -0.39 is 0 Å². The molecule has 1 rings (SSSR count). The summed E-state index contributed by atoms with van der Waals surface area (Å²) in [7, 11) is 0. The largest absolute Gasteiger partial charge is 0.0958 e. The molecule has 0 unspecified atom stereocenters. The topological polar surface area (TPSA) is 0 Å². The molecule has 0 saturated heterocycles. The summed E-state index contributed by atoms with van der Waals surface area (Å²) in [6, 6.07) is 10.4. The van der Waals surface area contributed by atoms with Crippen molar-refractivity contribution >= 4 is 5.57 Å². The van der Waals surface area contributed by atoms with Gasteiger partial charge in [-0.1, -0.05) is 54.6 Å². The lowest BCUT2D eigenvalue weighted by Gasteiger charge is -2.08. The highest BCUT2D eigenvalue weighted by Crippen LogP contribution is 2.23. The summed E-state index contributed by atoms with van der Waals surface area (Å²) in [5, 5.41) is 0. The van der Waals surface area contributed by atoms with Crippen LogP contribution < -0.4 is 0 Å². The van der Waals surface area contributed by atoms with Crippen molar-refractivity contribution in [2.75, 3.05) is 0 Å². The van der Waals surface area contributed by atoms with Crippen molar-refractivity contribution in [3.63, 3.8) is 0 Å². The zero-order valence-electron chi connectivity index (χ0n) is 9.75. The highest BCUT2D eigenvalue weighted by molar-refractivity contribution is 5.78. The van der Waals surface area contributed by atoms with Gasteiger partial charge in [-0.3, -0.25) is 0 Å². The second kappa shape index (κ2) is 5.35. The lowest BCUT2D eigenvalue weighted by atomic mass is 9.97. The van der Waals surface area contributed by atoms with Crippen LogP contribution in [-0.2, 0) is 0 Å². The van der Waals surface area contributed by atoms with E-state index >= 15 is 0 Å². The summed E-state index contributed by atoms with van der Waals surface area (Å²) >= 11 is 0. The second-order valence-electron chi connectivity index (χ2n) is 3.69. The molecule has 0 aliphatic carbocycles. The molecule has 0 radical (unpaired) electrons. The maximum Gasteiger partial charge on any atom is -0.0156 e. The molecule has 0 aliphatic heterocycles. The Morgan fingerprint density at radius 1 is 1.13 bits per heavy atom. The molecule has 0 fully saturated rings. The summed E-state index contributed by atoms with van der Waals surface area (Å²) < 4.78 is 0. The molecule has 0 heterocycles. The minimum absolute atomic E-state index is 1.12. The van der Waals surface area contributed by atoms with Crippen molar-refractivity contribution in [1.82, 2.24) is 0 Å². The van der Waals surface area contributed by atoms with Gasteiger partial charge in [0.1, 0.15) is 0 Å². The third kappa shape index (κ3) is 2.95. The van der Waals surface area contributed by atoms with Gasteiger partial charge in [0.2, 0.25) is 0 Å². The predicted molar refractivity (Wildman–Crippen MR) is 68.7 cm³/mol. The third-order valence-electron chi connectivity index (χ3n) is 2.46. The second-order valence-corrected chi connectivity index (χ2v) is 3.69. The highest BCUT2D eigenvalue weighted by atomic mass is 14.1. The van der Waals surface area contributed by atoms with Gasteiger partial charge in [0.05, 0.1) is 0 Å². The maximum atomic E-state index is 3.99. The van der Waals surface area contributed by atoms with E-state index in [0.29, 0.717) is 0 Å². The summed E-state index contributed by atoms with van der Waals surface area (Å²) in [6.07, 6.45) is 4.20. The number of hydrogen-bond donors (Lipinski definition) is 0. The molecule has 0 aliphatic rings. The zero-order valence-corrected chi connectivity index (χ0v) is 9.75. The molecule has 0 atom stereocenters. The van der Waals surface area contributed by atoms with Crippen molar-refractivity contribution in [2.45, 2.75) is 20.8 Å². The Balaban J connectivity index is 3.27. The van der Waals surface area contributed by atoms with E-state index in [1.807, 2.05) is 19.9 Å². The van der Waals surface area contributed by atoms with Crippen LogP contribution in [0.15, 0.2) is 60.2 Å². The summed E-state index contributed by atoms with van der Waals surface area (Å²) in [5.41, 5.74) is 4.87. The Hall–Kier alpha value is -1.56. The SMILES string of the molecule is C=C(C)/C(C)=C(\C=C/C)c1ccccc1. The molecule has 1 aromatic rings. The molecule has 0 N–H and O–H groups in total. The maximum absolute atomic E-state index is 3.99. The molecule has 0 aromatic heterocycles. The Morgan fingerprint density at radius 2 is 1.73 bits per heavy atom. The van der Waals surface area contributed by atoms with E-state index in [0.717, 1.165) is 5.57 Å². The van der Waals surface area contributed by atoms with Gasteiger partial charge < -0.3 is 0 Å². The van der Waals surface area contributed by atoms with Crippen molar-refractivity contribution in [3.8, 4) is 0 Å². The summed E-state index contributed by atoms with van der Waals surface area (Å²) in [6.45, 7) is 10.2. The van der Waals surface area contributed by atoms with Crippen LogP contribution in [-0.4, -0.2) is 0 Å². The van der Waals surface area contributed by atoms with Crippen LogP contribution in [0.2, 0.25) is 0 Å². The first kappa shape index (κ1) is 11.5. The molecule has 15 heavy (non-hydrogen) atoms. The van der Waals surface area contributed by atoms with Crippen molar-refractivity contribution in [1.29, 1.82) is 0 Å². The Kier molecular flexibility index (Phi) is 4.11. The third-order valence-corrected chi connectivity index (χ3v) is 2.46. The minimum Gasteiger partial charge on any atom is -0.0958 e. The van der Waals surface area contributed by atoms with Crippen LogP contribution in [0, 0.1) is 0 Å². The lowest BCUT2D eigenvalue weighted by Crippen LogP contribution is -1.87. The van der Waals surface area contributed by atoms with E-state index in [-0.39, 0.29) is 0 Å². The van der Waals surface area contributed by atoms with Gasteiger partial charge in [0.25, 0.3) is 0 Å². The van der Waals surface area contributed by atoms with Gasteiger partial charge in [-0.05, 0) is 37.5 Å². The molecule has 1 aromatic carbocycles. The minimum atomic E-state index is 1.12. The first-order chi connectivity index (χ1) is 7.16. The van der Waals surface area contributed by atoms with Gasteiger partial charge in [-0.2, -0.15) is 0 Å². The molecule has 78 valence electrons. The molecule has 0 heteroatoms. The van der Waals surface area contributed by atoms with Gasteiger partial charge in [-0.15, -0.1) is 0 Å².